The van der Waals surface area contributed by atoms with Crippen molar-refractivity contribution >= 4 is 6.08 Å². The van der Waals surface area contributed by atoms with E-state index in [0.717, 1.165) is 6.42 Å². The summed E-state index contributed by atoms with van der Waals surface area (Å²) >= 11 is 0. The van der Waals surface area contributed by atoms with Gasteiger partial charge in [0.2, 0.25) is 0 Å². The average Bonchev–Trinajstić information content (AvgIpc) is 2.93. The fraction of sp³-hybridized carbons (Fsp3) is 0.429. The maximum absolute atomic E-state index is 5.92. The first-order chi connectivity index (χ1) is 7.18. The minimum absolute atomic E-state index is 0.405. The predicted molar refractivity (Wildman–Crippen MR) is 65.3 cm³/mol. The topological polar surface area (TPSA) is 26.0 Å². The second-order valence-electron chi connectivity index (χ2n) is 4.72. The van der Waals surface area contributed by atoms with Crippen LogP contribution in [0.4, 0.5) is 0 Å². The van der Waals surface area contributed by atoms with Crippen molar-refractivity contribution in [3.63, 3.8) is 0 Å². The molecule has 1 fully saturated rings. The number of nitrogens with two attached hydrogens (primary N) is 1. The number of benzene rings is 1. The van der Waals surface area contributed by atoms with Gasteiger partial charge in [0.05, 0.1) is 0 Å². The molecule has 0 amide bonds. The lowest BCUT2D eigenvalue weighted by molar-refractivity contribution is 0.699. The van der Waals surface area contributed by atoms with E-state index in [1.807, 2.05) is 0 Å². The van der Waals surface area contributed by atoms with E-state index in [1.165, 1.54) is 11.1 Å². The average molecular weight is 201 g/mol. The van der Waals surface area contributed by atoms with E-state index in [1.54, 1.807) is 0 Å². The van der Waals surface area contributed by atoms with Gasteiger partial charge < -0.3 is 5.73 Å². The van der Waals surface area contributed by atoms with Crippen LogP contribution in [0.2, 0.25) is 0 Å². The third kappa shape index (κ3) is 2.48. The maximum Gasteiger partial charge on any atom is 0.0112 e. The van der Waals surface area contributed by atoms with Gasteiger partial charge in [-0.3, -0.25) is 0 Å². The zero-order valence-electron chi connectivity index (χ0n) is 9.48. The van der Waals surface area contributed by atoms with Crippen molar-refractivity contribution in [2.75, 3.05) is 0 Å². The van der Waals surface area contributed by atoms with Crippen LogP contribution in [0.25, 0.3) is 6.08 Å². The molecule has 1 saturated carbocycles. The number of hydrogen-bond donors (Lipinski definition) is 1. The van der Waals surface area contributed by atoms with E-state index >= 15 is 0 Å². The Hall–Kier alpha value is -1.08. The first kappa shape index (κ1) is 10.4. The molecule has 1 aromatic carbocycles. The van der Waals surface area contributed by atoms with Gasteiger partial charge in [-0.1, -0.05) is 55.8 Å². The molecule has 0 radical (unpaired) electrons. The van der Waals surface area contributed by atoms with Gasteiger partial charge in [-0.2, -0.15) is 0 Å². The Morgan fingerprint density at radius 2 is 1.93 bits per heavy atom. The number of hydrogen-bond acceptors (Lipinski definition) is 1. The van der Waals surface area contributed by atoms with Crippen LogP contribution in [0.3, 0.4) is 0 Å². The van der Waals surface area contributed by atoms with Crippen molar-refractivity contribution in [3.05, 3.63) is 41.5 Å². The Labute approximate surface area is 92.0 Å². The predicted octanol–water partition coefficient (Wildman–Crippen LogP) is 3.07. The smallest absolute Gasteiger partial charge is 0.0112 e. The minimum atomic E-state index is 0.405. The van der Waals surface area contributed by atoms with E-state index in [-0.39, 0.29) is 0 Å². The lowest BCUT2D eigenvalue weighted by Crippen LogP contribution is -2.06. The highest BCUT2D eigenvalue weighted by Gasteiger charge is 2.37. The second-order valence-corrected chi connectivity index (χ2v) is 4.72. The molecule has 0 aliphatic heterocycles. The Balaban J connectivity index is 2.21. The summed E-state index contributed by atoms with van der Waals surface area (Å²) in [5.41, 5.74) is 8.72. The van der Waals surface area contributed by atoms with Crippen molar-refractivity contribution in [1.29, 1.82) is 0 Å². The van der Waals surface area contributed by atoms with Crippen LogP contribution in [0.5, 0.6) is 0 Å². The molecule has 0 heterocycles. The molecule has 15 heavy (non-hydrogen) atoms. The molecular formula is C14H19N. The van der Waals surface area contributed by atoms with Crippen molar-refractivity contribution in [2.45, 2.75) is 26.3 Å². The summed E-state index contributed by atoms with van der Waals surface area (Å²) in [4.78, 5) is 0. The summed E-state index contributed by atoms with van der Waals surface area (Å²) in [5.74, 6) is 1.23. The molecule has 0 saturated heterocycles. The molecule has 2 atom stereocenters. The van der Waals surface area contributed by atoms with Crippen molar-refractivity contribution in [2.24, 2.45) is 17.6 Å². The molecule has 1 aliphatic rings. The summed E-state index contributed by atoms with van der Waals surface area (Å²) in [6, 6.07) is 10.9. The quantitative estimate of drug-likeness (QED) is 0.799. The van der Waals surface area contributed by atoms with E-state index < -0.39 is 0 Å². The first-order valence-electron chi connectivity index (χ1n) is 5.70. The lowest BCUT2D eigenvalue weighted by Gasteiger charge is -2.10. The summed E-state index contributed by atoms with van der Waals surface area (Å²) in [6.07, 6.45) is 3.47. The molecule has 1 aromatic rings. The highest BCUT2D eigenvalue weighted by atomic mass is 14.7. The zero-order valence-corrected chi connectivity index (χ0v) is 9.48. The second kappa shape index (κ2) is 4.19. The summed E-state index contributed by atoms with van der Waals surface area (Å²) in [5, 5.41) is 0. The highest BCUT2D eigenvalue weighted by molar-refractivity contribution is 5.55. The maximum atomic E-state index is 5.92. The van der Waals surface area contributed by atoms with Crippen LogP contribution in [0.1, 0.15) is 25.8 Å². The molecule has 2 N–H and O–H groups in total. The fourth-order valence-electron chi connectivity index (χ4n) is 2.04. The fourth-order valence-corrected chi connectivity index (χ4v) is 2.04. The first-order valence-corrected chi connectivity index (χ1v) is 5.70. The highest BCUT2D eigenvalue weighted by Crippen LogP contribution is 2.39. The van der Waals surface area contributed by atoms with Gasteiger partial charge in [0.15, 0.2) is 0 Å². The van der Waals surface area contributed by atoms with Crippen molar-refractivity contribution in [3.8, 4) is 0 Å². The van der Waals surface area contributed by atoms with Gasteiger partial charge in [0.25, 0.3) is 0 Å². The Bertz CT molecular complexity index is 351. The van der Waals surface area contributed by atoms with Crippen LogP contribution in [-0.2, 0) is 0 Å². The Morgan fingerprint density at radius 1 is 1.33 bits per heavy atom. The molecule has 0 spiro atoms. The molecule has 1 heteroatoms. The standard InChI is InChI=1S/C14H19N/c1-10(2)12(13-9-14(13)15)8-11-6-4-3-5-7-11/h3-8,10,13-14H,9,15H2,1-2H3/b12-8+/t13-,14?/m0/s1. The van der Waals surface area contributed by atoms with Crippen LogP contribution in [-0.4, -0.2) is 6.04 Å². The van der Waals surface area contributed by atoms with Crippen LogP contribution in [0.15, 0.2) is 35.9 Å². The van der Waals surface area contributed by atoms with Gasteiger partial charge in [-0.05, 0) is 23.8 Å². The van der Waals surface area contributed by atoms with Crippen LogP contribution < -0.4 is 5.73 Å². The largest absolute Gasteiger partial charge is 0.327 e. The normalized spacial score (nSPS) is 25.7. The molecule has 1 aliphatic carbocycles. The molecule has 2 rings (SSSR count). The van der Waals surface area contributed by atoms with Gasteiger partial charge >= 0.3 is 0 Å². The van der Waals surface area contributed by atoms with Gasteiger partial charge in [-0.15, -0.1) is 0 Å². The van der Waals surface area contributed by atoms with Crippen LogP contribution >= 0.6 is 0 Å². The molecule has 0 bridgehead atoms. The third-order valence-corrected chi connectivity index (χ3v) is 3.07. The van der Waals surface area contributed by atoms with E-state index in [9.17, 15) is 0 Å². The SMILES string of the molecule is CC(C)/C(=C\c1ccccc1)[C@@H]1CC1N. The van der Waals surface area contributed by atoms with Gasteiger partial charge in [-0.25, -0.2) is 0 Å². The Kier molecular flexibility index (Phi) is 2.92. The molecular weight excluding hydrogens is 182 g/mol. The van der Waals surface area contributed by atoms with Crippen LogP contribution in [0, 0.1) is 11.8 Å². The Morgan fingerprint density at radius 3 is 2.40 bits per heavy atom. The van der Waals surface area contributed by atoms with Gasteiger partial charge in [0.1, 0.15) is 0 Å². The molecule has 0 aromatic heterocycles. The van der Waals surface area contributed by atoms with Crippen molar-refractivity contribution in [1.82, 2.24) is 0 Å². The number of rotatable bonds is 3. The zero-order chi connectivity index (χ0) is 10.8. The third-order valence-electron chi connectivity index (χ3n) is 3.07. The molecule has 1 unspecified atom stereocenters. The summed E-state index contributed by atoms with van der Waals surface area (Å²) in [6.45, 7) is 4.50. The lowest BCUT2D eigenvalue weighted by atomic mass is 9.96. The summed E-state index contributed by atoms with van der Waals surface area (Å²) in [7, 11) is 0. The summed E-state index contributed by atoms with van der Waals surface area (Å²) < 4.78 is 0. The molecule has 1 nitrogen and oxygen atoms in total. The van der Waals surface area contributed by atoms with E-state index in [0.29, 0.717) is 17.9 Å². The van der Waals surface area contributed by atoms with Crippen molar-refractivity contribution < 1.29 is 0 Å². The van der Waals surface area contributed by atoms with E-state index in [2.05, 4.69) is 50.3 Å². The van der Waals surface area contributed by atoms with Gasteiger partial charge in [0, 0.05) is 6.04 Å². The molecule has 80 valence electrons. The van der Waals surface area contributed by atoms with E-state index in [4.69, 9.17) is 5.73 Å². The minimum Gasteiger partial charge on any atom is -0.327 e. The monoisotopic (exact) mass is 201 g/mol.